The van der Waals surface area contributed by atoms with Crippen molar-refractivity contribution >= 4 is 18.5 Å². The molecule has 0 atom stereocenters. The summed E-state index contributed by atoms with van der Waals surface area (Å²) in [7, 11) is -0.472. The van der Waals surface area contributed by atoms with Gasteiger partial charge in [0.15, 0.2) is 0 Å². The second-order valence-electron chi connectivity index (χ2n) is 8.82. The van der Waals surface area contributed by atoms with Crippen molar-refractivity contribution in [3.63, 3.8) is 0 Å². The summed E-state index contributed by atoms with van der Waals surface area (Å²) < 4.78 is 38.2. The maximum atomic E-state index is 13.0. The molecule has 0 N–H and O–H groups in total. The highest BCUT2D eigenvalue weighted by Crippen LogP contribution is 2.43. The summed E-state index contributed by atoms with van der Waals surface area (Å²) in [5.41, 5.74) is 1.60. The van der Waals surface area contributed by atoms with Gasteiger partial charge >= 0.3 is 7.12 Å². The van der Waals surface area contributed by atoms with E-state index in [4.69, 9.17) is 9.31 Å². The van der Waals surface area contributed by atoms with E-state index in [9.17, 15) is 13.6 Å². The molecule has 0 spiro atoms. The quantitative estimate of drug-likeness (QED) is 0.775. The van der Waals surface area contributed by atoms with Gasteiger partial charge in [0, 0.05) is 31.5 Å². The van der Waals surface area contributed by atoms with Crippen LogP contribution in [0.15, 0.2) is 18.2 Å². The van der Waals surface area contributed by atoms with Crippen LogP contribution in [0.1, 0.15) is 56.5 Å². The summed E-state index contributed by atoms with van der Waals surface area (Å²) in [4.78, 5) is 14.2. The summed E-state index contributed by atoms with van der Waals surface area (Å²) in [6, 6.07) is 5.61. The molecular formula is C19H24BF2NO3. The van der Waals surface area contributed by atoms with E-state index in [2.05, 4.69) is 0 Å². The molecule has 2 heterocycles. The largest absolute Gasteiger partial charge is 0.494 e. The van der Waals surface area contributed by atoms with Crippen molar-refractivity contribution in [2.75, 3.05) is 6.54 Å². The number of nitrogens with zero attached hydrogens (tertiary/aromatic N) is 1. The van der Waals surface area contributed by atoms with Gasteiger partial charge in [0.1, 0.15) is 0 Å². The van der Waals surface area contributed by atoms with Gasteiger partial charge in [-0.1, -0.05) is 12.1 Å². The second-order valence-corrected chi connectivity index (χ2v) is 8.82. The van der Waals surface area contributed by atoms with Gasteiger partial charge in [0.25, 0.3) is 5.91 Å². The monoisotopic (exact) mass is 363 g/mol. The normalized spacial score (nSPS) is 26.2. The van der Waals surface area contributed by atoms with Crippen molar-refractivity contribution in [3.05, 3.63) is 29.3 Å². The molecule has 1 amide bonds. The summed E-state index contributed by atoms with van der Waals surface area (Å²) in [6.07, 6.45) is -0.238. The Balaban J connectivity index is 1.48. The van der Waals surface area contributed by atoms with Gasteiger partial charge < -0.3 is 14.2 Å². The van der Waals surface area contributed by atoms with Crippen molar-refractivity contribution in [2.24, 2.45) is 5.92 Å². The van der Waals surface area contributed by atoms with E-state index in [1.165, 1.54) is 0 Å². The standard InChI is InChI=1S/C19H24BF2NO3/c1-17(2)18(3,4)26-20(25-17)14-5-6-15-13(7-14)11-23(16(15)24)10-12-8-19(21,22)9-12/h5-7,12H,8-11H2,1-4H3. The minimum Gasteiger partial charge on any atom is -0.399 e. The second kappa shape index (κ2) is 5.52. The number of carbonyl (C=O) groups excluding carboxylic acids is 1. The van der Waals surface area contributed by atoms with Crippen LogP contribution < -0.4 is 5.46 Å². The molecule has 7 heteroatoms. The lowest BCUT2D eigenvalue weighted by atomic mass is 9.78. The average Bonchev–Trinajstić information content (AvgIpc) is 2.91. The Morgan fingerprint density at radius 2 is 1.77 bits per heavy atom. The van der Waals surface area contributed by atoms with Gasteiger partial charge in [-0.15, -0.1) is 0 Å². The molecule has 0 unspecified atom stereocenters. The molecule has 1 aliphatic carbocycles. The first-order chi connectivity index (χ1) is 12.0. The Morgan fingerprint density at radius 3 is 2.35 bits per heavy atom. The third kappa shape index (κ3) is 2.85. The van der Waals surface area contributed by atoms with Crippen LogP contribution in [0.5, 0.6) is 0 Å². The highest BCUT2D eigenvalue weighted by molar-refractivity contribution is 6.62. The van der Waals surface area contributed by atoms with Gasteiger partial charge in [-0.2, -0.15) is 0 Å². The molecule has 0 bridgehead atoms. The Kier molecular flexibility index (Phi) is 3.80. The molecule has 4 nitrogen and oxygen atoms in total. The predicted octanol–water partition coefficient (Wildman–Crippen LogP) is 2.99. The molecule has 1 saturated heterocycles. The molecule has 0 radical (unpaired) electrons. The van der Waals surface area contributed by atoms with Crippen molar-refractivity contribution in [3.8, 4) is 0 Å². The highest BCUT2D eigenvalue weighted by atomic mass is 19.3. The van der Waals surface area contributed by atoms with Gasteiger partial charge in [-0.25, -0.2) is 8.78 Å². The van der Waals surface area contributed by atoms with Crippen molar-refractivity contribution < 1.29 is 22.9 Å². The molecule has 1 aromatic carbocycles. The van der Waals surface area contributed by atoms with E-state index in [-0.39, 0.29) is 24.7 Å². The molecule has 4 rings (SSSR count). The Bertz CT molecular complexity index is 741. The number of amides is 1. The fourth-order valence-corrected chi connectivity index (χ4v) is 3.90. The first-order valence-corrected chi connectivity index (χ1v) is 9.13. The fourth-order valence-electron chi connectivity index (χ4n) is 3.90. The van der Waals surface area contributed by atoms with E-state index in [0.29, 0.717) is 18.7 Å². The zero-order valence-electron chi connectivity index (χ0n) is 15.6. The molecule has 2 aliphatic heterocycles. The topological polar surface area (TPSA) is 38.8 Å². The molecule has 2 fully saturated rings. The van der Waals surface area contributed by atoms with E-state index >= 15 is 0 Å². The maximum Gasteiger partial charge on any atom is 0.494 e. The van der Waals surface area contributed by atoms with Crippen LogP contribution in [0.2, 0.25) is 0 Å². The number of fused-ring (bicyclic) bond motifs is 1. The van der Waals surface area contributed by atoms with E-state index in [1.54, 1.807) is 11.0 Å². The van der Waals surface area contributed by atoms with Crippen LogP contribution >= 0.6 is 0 Å². The number of rotatable bonds is 3. The molecule has 26 heavy (non-hydrogen) atoms. The van der Waals surface area contributed by atoms with Crippen LogP contribution in [-0.2, 0) is 15.9 Å². The van der Waals surface area contributed by atoms with Gasteiger partial charge in [-0.05, 0) is 50.7 Å². The van der Waals surface area contributed by atoms with Crippen LogP contribution in [-0.4, -0.2) is 41.6 Å². The van der Waals surface area contributed by atoms with E-state index in [1.807, 2.05) is 39.8 Å². The summed E-state index contributed by atoms with van der Waals surface area (Å²) >= 11 is 0. The minimum absolute atomic E-state index is 0.0734. The molecule has 1 saturated carbocycles. The number of hydrogen-bond donors (Lipinski definition) is 0. The molecule has 0 aromatic heterocycles. The summed E-state index contributed by atoms with van der Waals surface area (Å²) in [6.45, 7) is 8.86. The summed E-state index contributed by atoms with van der Waals surface area (Å²) in [5.74, 6) is -2.73. The van der Waals surface area contributed by atoms with E-state index in [0.717, 1.165) is 11.0 Å². The zero-order chi connectivity index (χ0) is 18.9. The molecule has 3 aliphatic rings. The molecular weight excluding hydrogens is 339 g/mol. The number of halogens is 2. The van der Waals surface area contributed by atoms with Crippen LogP contribution in [0.3, 0.4) is 0 Å². The summed E-state index contributed by atoms with van der Waals surface area (Å²) in [5, 5.41) is 0. The maximum absolute atomic E-state index is 13.0. The third-order valence-corrected chi connectivity index (χ3v) is 6.19. The lowest BCUT2D eigenvalue weighted by Gasteiger charge is -2.37. The van der Waals surface area contributed by atoms with Crippen molar-refractivity contribution in [1.82, 2.24) is 4.90 Å². The SMILES string of the molecule is CC1(C)OB(c2ccc3c(c2)CN(CC2CC(F)(F)C2)C3=O)OC1(C)C. The van der Waals surface area contributed by atoms with E-state index < -0.39 is 24.2 Å². The van der Waals surface area contributed by atoms with Gasteiger partial charge in [-0.3, -0.25) is 4.79 Å². The van der Waals surface area contributed by atoms with Crippen LogP contribution in [0.25, 0.3) is 0 Å². The first-order valence-electron chi connectivity index (χ1n) is 9.13. The highest BCUT2D eigenvalue weighted by Gasteiger charge is 2.52. The smallest absolute Gasteiger partial charge is 0.399 e. The lowest BCUT2D eigenvalue weighted by Crippen LogP contribution is -2.42. The average molecular weight is 363 g/mol. The molecule has 1 aromatic rings. The minimum atomic E-state index is -2.55. The number of carbonyl (C=O) groups is 1. The first kappa shape index (κ1) is 17.9. The molecule has 140 valence electrons. The van der Waals surface area contributed by atoms with Crippen molar-refractivity contribution in [1.29, 1.82) is 0 Å². The number of hydrogen-bond acceptors (Lipinski definition) is 3. The fraction of sp³-hybridized carbons (Fsp3) is 0.632. The Hall–Kier alpha value is -1.47. The predicted molar refractivity (Wildman–Crippen MR) is 94.6 cm³/mol. The van der Waals surface area contributed by atoms with Crippen LogP contribution in [0, 0.1) is 5.92 Å². The van der Waals surface area contributed by atoms with Gasteiger partial charge in [0.05, 0.1) is 11.2 Å². The van der Waals surface area contributed by atoms with Gasteiger partial charge in [0.2, 0.25) is 5.92 Å². The van der Waals surface area contributed by atoms with Crippen LogP contribution in [0.4, 0.5) is 8.78 Å². The Morgan fingerprint density at radius 1 is 1.15 bits per heavy atom. The third-order valence-electron chi connectivity index (χ3n) is 6.19. The Labute approximate surface area is 153 Å². The van der Waals surface area contributed by atoms with Crippen molar-refractivity contribution in [2.45, 2.75) is 64.2 Å². The lowest BCUT2D eigenvalue weighted by molar-refractivity contribution is -0.114. The number of benzene rings is 1. The number of alkyl halides is 2. The zero-order valence-corrected chi connectivity index (χ0v) is 15.6.